The Morgan fingerprint density at radius 3 is 2.43 bits per heavy atom. The van der Waals surface area contributed by atoms with Gasteiger partial charge in [-0.25, -0.2) is 0 Å². The largest absolute Gasteiger partial charge is 0.457 e. The van der Waals surface area contributed by atoms with Crippen LogP contribution < -0.4 is 4.74 Å². The molecule has 0 unspecified atom stereocenters. The molecule has 2 aromatic rings. The van der Waals surface area contributed by atoms with E-state index in [-0.39, 0.29) is 11.3 Å². The molecule has 5 heteroatoms. The second-order valence-electron chi connectivity index (χ2n) is 4.50. The normalized spacial score (nSPS) is 11.9. The van der Waals surface area contributed by atoms with E-state index >= 15 is 0 Å². The summed E-state index contributed by atoms with van der Waals surface area (Å²) in [5, 5.41) is 0. The van der Waals surface area contributed by atoms with Crippen LogP contribution in [0.5, 0.6) is 11.5 Å². The summed E-state index contributed by atoms with van der Waals surface area (Å²) in [7, 11) is 1.43. The van der Waals surface area contributed by atoms with Gasteiger partial charge in [0.15, 0.2) is 0 Å². The quantitative estimate of drug-likeness (QED) is 0.741. The first-order chi connectivity index (χ1) is 9.91. The smallest absolute Gasteiger partial charge is 0.417 e. The predicted octanol–water partition coefficient (Wildman–Crippen LogP) is 4.85. The van der Waals surface area contributed by atoms with Gasteiger partial charge in [0.05, 0.1) is 5.56 Å². The summed E-state index contributed by atoms with van der Waals surface area (Å²) in [6.07, 6.45) is -3.28. The van der Waals surface area contributed by atoms with E-state index in [4.69, 9.17) is 4.74 Å². The molecule has 110 valence electrons. The highest BCUT2D eigenvalue weighted by molar-refractivity contribution is 5.82. The van der Waals surface area contributed by atoms with E-state index < -0.39 is 11.7 Å². The van der Waals surface area contributed by atoms with Crippen molar-refractivity contribution < 1.29 is 17.9 Å². The molecular weight excluding hydrogens is 279 g/mol. The fourth-order valence-electron chi connectivity index (χ4n) is 1.89. The number of alkyl halides is 3. The molecule has 2 rings (SSSR count). The Morgan fingerprint density at radius 1 is 1.10 bits per heavy atom. The van der Waals surface area contributed by atoms with Crippen LogP contribution in [0.1, 0.15) is 16.7 Å². The van der Waals surface area contributed by atoms with Crippen molar-refractivity contribution in [2.75, 3.05) is 7.05 Å². The zero-order valence-electron chi connectivity index (χ0n) is 11.6. The molecule has 0 spiro atoms. The van der Waals surface area contributed by atoms with E-state index in [1.165, 1.54) is 25.4 Å². The Morgan fingerprint density at radius 2 is 1.81 bits per heavy atom. The highest BCUT2D eigenvalue weighted by atomic mass is 19.4. The molecule has 0 heterocycles. The van der Waals surface area contributed by atoms with E-state index in [0.29, 0.717) is 5.75 Å². The van der Waals surface area contributed by atoms with E-state index in [1.807, 2.05) is 19.1 Å². The summed E-state index contributed by atoms with van der Waals surface area (Å²) in [4.78, 5) is 3.64. The molecule has 0 amide bonds. The standard InChI is InChI=1S/C16H14F3NO/c1-11-5-3-4-6-15(11)21-13-8-7-12(10-20-2)14(9-13)16(17,18)19/h3-10H,1-2H3. The van der Waals surface area contributed by atoms with E-state index in [9.17, 15) is 13.2 Å². The fraction of sp³-hybridized carbons (Fsp3) is 0.188. The maximum Gasteiger partial charge on any atom is 0.417 e. The third-order valence-electron chi connectivity index (χ3n) is 2.92. The lowest BCUT2D eigenvalue weighted by atomic mass is 10.1. The van der Waals surface area contributed by atoms with Crippen molar-refractivity contribution in [1.29, 1.82) is 0 Å². The molecule has 2 nitrogen and oxygen atoms in total. The molecule has 0 aliphatic rings. The van der Waals surface area contributed by atoms with Crippen LogP contribution in [0, 0.1) is 6.92 Å². The molecule has 0 saturated heterocycles. The number of hydrogen-bond donors (Lipinski definition) is 0. The molecule has 0 bridgehead atoms. The second kappa shape index (κ2) is 5.99. The third-order valence-corrected chi connectivity index (χ3v) is 2.92. The van der Waals surface area contributed by atoms with Crippen LogP contribution in [-0.4, -0.2) is 13.3 Å². The minimum atomic E-state index is -4.46. The maximum absolute atomic E-state index is 13.1. The summed E-state index contributed by atoms with van der Waals surface area (Å²) < 4.78 is 44.7. The van der Waals surface area contributed by atoms with Crippen molar-refractivity contribution in [3.8, 4) is 11.5 Å². The average Bonchev–Trinajstić information content (AvgIpc) is 2.42. The highest BCUT2D eigenvalue weighted by Crippen LogP contribution is 2.35. The van der Waals surface area contributed by atoms with Crippen molar-refractivity contribution in [2.24, 2.45) is 4.99 Å². The second-order valence-corrected chi connectivity index (χ2v) is 4.50. The van der Waals surface area contributed by atoms with Crippen molar-refractivity contribution in [2.45, 2.75) is 13.1 Å². The number of hydrogen-bond acceptors (Lipinski definition) is 2. The first-order valence-electron chi connectivity index (χ1n) is 6.28. The lowest BCUT2D eigenvalue weighted by Crippen LogP contribution is -2.09. The number of halogens is 3. The van der Waals surface area contributed by atoms with E-state index in [0.717, 1.165) is 11.6 Å². The minimum absolute atomic E-state index is 0.0159. The SMILES string of the molecule is CN=Cc1ccc(Oc2ccccc2C)cc1C(F)(F)F. The third kappa shape index (κ3) is 3.62. The van der Waals surface area contributed by atoms with Crippen LogP contribution >= 0.6 is 0 Å². The van der Waals surface area contributed by atoms with Crippen LogP contribution in [0.15, 0.2) is 47.5 Å². The lowest BCUT2D eigenvalue weighted by molar-refractivity contribution is -0.137. The molecular formula is C16H14F3NO. The van der Waals surface area contributed by atoms with Gasteiger partial charge in [-0.05, 0) is 36.8 Å². The summed E-state index contributed by atoms with van der Waals surface area (Å²) >= 11 is 0. The number of rotatable bonds is 3. The predicted molar refractivity (Wildman–Crippen MR) is 76.2 cm³/mol. The fourth-order valence-corrected chi connectivity index (χ4v) is 1.89. The van der Waals surface area contributed by atoms with Crippen molar-refractivity contribution in [1.82, 2.24) is 0 Å². The Bertz CT molecular complexity index is 663. The molecule has 0 aromatic heterocycles. The van der Waals surface area contributed by atoms with E-state index in [1.54, 1.807) is 12.1 Å². The van der Waals surface area contributed by atoms with Gasteiger partial charge < -0.3 is 4.74 Å². The van der Waals surface area contributed by atoms with Gasteiger partial charge in [-0.1, -0.05) is 18.2 Å². The van der Waals surface area contributed by atoms with Gasteiger partial charge in [0.25, 0.3) is 0 Å². The number of benzene rings is 2. The monoisotopic (exact) mass is 293 g/mol. The molecule has 2 aromatic carbocycles. The number of aryl methyl sites for hydroxylation is 1. The summed E-state index contributed by atoms with van der Waals surface area (Å²) in [6.45, 7) is 1.83. The first kappa shape index (κ1) is 15.1. The molecule has 21 heavy (non-hydrogen) atoms. The maximum atomic E-state index is 13.1. The summed E-state index contributed by atoms with van der Waals surface area (Å²) in [5.41, 5.74) is 0.103. The van der Waals surface area contributed by atoms with Crippen molar-refractivity contribution in [3.05, 3.63) is 59.2 Å². The Labute approximate surface area is 120 Å². The number of nitrogens with zero attached hydrogens (tertiary/aromatic N) is 1. The van der Waals surface area contributed by atoms with Crippen LogP contribution in [0.4, 0.5) is 13.2 Å². The van der Waals surface area contributed by atoms with Crippen molar-refractivity contribution >= 4 is 6.21 Å². The van der Waals surface area contributed by atoms with Gasteiger partial charge >= 0.3 is 6.18 Å². The topological polar surface area (TPSA) is 21.6 Å². The summed E-state index contributed by atoms with van der Waals surface area (Å²) in [5.74, 6) is 0.674. The number of aliphatic imine (C=N–C) groups is 1. The van der Waals surface area contributed by atoms with Crippen LogP contribution in [0.3, 0.4) is 0 Å². The molecule has 0 radical (unpaired) electrons. The Kier molecular flexibility index (Phi) is 4.31. The van der Waals surface area contributed by atoms with Gasteiger partial charge in [-0.3, -0.25) is 4.99 Å². The summed E-state index contributed by atoms with van der Waals surface area (Å²) in [6, 6.07) is 11.0. The molecule has 0 aliphatic carbocycles. The lowest BCUT2D eigenvalue weighted by Gasteiger charge is -2.13. The molecule has 0 saturated carbocycles. The Hall–Kier alpha value is -2.30. The zero-order valence-corrected chi connectivity index (χ0v) is 11.6. The van der Waals surface area contributed by atoms with Gasteiger partial charge in [0.2, 0.25) is 0 Å². The average molecular weight is 293 g/mol. The molecule has 0 aliphatic heterocycles. The van der Waals surface area contributed by atoms with Gasteiger partial charge in [0.1, 0.15) is 11.5 Å². The number of para-hydroxylation sites is 1. The first-order valence-corrected chi connectivity index (χ1v) is 6.28. The molecule has 0 fully saturated rings. The Balaban J connectivity index is 2.41. The van der Waals surface area contributed by atoms with Crippen LogP contribution in [-0.2, 0) is 6.18 Å². The van der Waals surface area contributed by atoms with Crippen LogP contribution in [0.25, 0.3) is 0 Å². The molecule has 0 atom stereocenters. The van der Waals surface area contributed by atoms with Gasteiger partial charge in [-0.2, -0.15) is 13.2 Å². The van der Waals surface area contributed by atoms with Gasteiger partial charge in [0, 0.05) is 18.8 Å². The zero-order chi connectivity index (χ0) is 15.5. The van der Waals surface area contributed by atoms with Gasteiger partial charge in [-0.15, -0.1) is 0 Å². The van der Waals surface area contributed by atoms with E-state index in [2.05, 4.69) is 4.99 Å². The van der Waals surface area contributed by atoms with Crippen molar-refractivity contribution in [3.63, 3.8) is 0 Å². The number of ether oxygens (including phenoxy) is 1. The van der Waals surface area contributed by atoms with Crippen LogP contribution in [0.2, 0.25) is 0 Å². The minimum Gasteiger partial charge on any atom is -0.457 e. The molecule has 0 N–H and O–H groups in total. The highest BCUT2D eigenvalue weighted by Gasteiger charge is 2.33.